The third-order valence-electron chi connectivity index (χ3n) is 3.71. The van der Waals surface area contributed by atoms with Gasteiger partial charge in [0.2, 0.25) is 5.78 Å². The van der Waals surface area contributed by atoms with Crippen LogP contribution >= 0.6 is 0 Å². The molecule has 1 fully saturated rings. The minimum absolute atomic E-state index is 0.345. The van der Waals surface area contributed by atoms with E-state index >= 15 is 0 Å². The molecule has 1 saturated carbocycles. The van der Waals surface area contributed by atoms with Crippen LogP contribution < -0.4 is 5.32 Å². The molecule has 0 atom stereocenters. The van der Waals surface area contributed by atoms with Crippen molar-refractivity contribution >= 4 is 11.7 Å². The highest BCUT2D eigenvalue weighted by Crippen LogP contribution is 2.36. The maximum absolute atomic E-state index is 11.7. The van der Waals surface area contributed by atoms with Crippen molar-refractivity contribution in [2.24, 2.45) is 0 Å². The average Bonchev–Trinajstić information content (AvgIpc) is 2.40. The molecule has 1 aliphatic rings. The third kappa shape index (κ3) is 2.61. The second-order valence-electron chi connectivity index (χ2n) is 5.02. The molecule has 0 heterocycles. The molecule has 18 heavy (non-hydrogen) atoms. The van der Waals surface area contributed by atoms with Gasteiger partial charge in [0.25, 0.3) is 5.91 Å². The summed E-state index contributed by atoms with van der Waals surface area (Å²) in [6.07, 6.45) is 5.21. The van der Waals surface area contributed by atoms with Crippen LogP contribution in [0.25, 0.3) is 0 Å². The molecule has 0 saturated heterocycles. The Morgan fingerprint density at radius 2 is 1.67 bits per heavy atom. The lowest BCUT2D eigenvalue weighted by Gasteiger charge is -2.38. The van der Waals surface area contributed by atoms with Gasteiger partial charge >= 0.3 is 0 Å². The number of benzene rings is 1. The molecule has 0 bridgehead atoms. The number of amides is 1. The topological polar surface area (TPSA) is 46.2 Å². The third-order valence-corrected chi connectivity index (χ3v) is 3.71. The van der Waals surface area contributed by atoms with E-state index in [1.807, 2.05) is 30.3 Å². The molecule has 1 aromatic carbocycles. The van der Waals surface area contributed by atoms with Gasteiger partial charge in [-0.25, -0.2) is 0 Å². The Labute approximate surface area is 108 Å². The molecule has 0 aliphatic heterocycles. The van der Waals surface area contributed by atoms with E-state index in [0.717, 1.165) is 31.2 Å². The van der Waals surface area contributed by atoms with E-state index in [2.05, 4.69) is 5.32 Å². The normalized spacial score (nSPS) is 18.1. The summed E-state index contributed by atoms with van der Waals surface area (Å²) in [5.41, 5.74) is 0.765. The second kappa shape index (κ2) is 5.34. The lowest BCUT2D eigenvalue weighted by atomic mass is 9.76. The molecule has 3 heteroatoms. The van der Waals surface area contributed by atoms with Gasteiger partial charge in [-0.2, -0.15) is 0 Å². The molecular weight excluding hydrogens is 226 g/mol. The first-order valence-corrected chi connectivity index (χ1v) is 6.53. The number of hydrogen-bond donors (Lipinski definition) is 1. The van der Waals surface area contributed by atoms with E-state index in [0.29, 0.717) is 0 Å². The van der Waals surface area contributed by atoms with E-state index < -0.39 is 11.7 Å². The molecular formula is C15H19NO2. The maximum atomic E-state index is 11.7. The summed E-state index contributed by atoms with van der Waals surface area (Å²) >= 11 is 0. The van der Waals surface area contributed by atoms with E-state index in [1.54, 1.807) is 0 Å². The number of rotatable bonds is 3. The van der Waals surface area contributed by atoms with Gasteiger partial charge in [-0.3, -0.25) is 9.59 Å². The molecule has 1 aliphatic carbocycles. The summed E-state index contributed by atoms with van der Waals surface area (Å²) in [7, 11) is 0. The van der Waals surface area contributed by atoms with Crippen LogP contribution in [-0.4, -0.2) is 11.7 Å². The number of Topliss-reactive ketones (excluding diaryl/α,β-unsaturated/α-hetero) is 1. The van der Waals surface area contributed by atoms with Gasteiger partial charge in [0.1, 0.15) is 0 Å². The molecule has 2 rings (SSSR count). The molecule has 0 unspecified atom stereocenters. The van der Waals surface area contributed by atoms with E-state index in [4.69, 9.17) is 0 Å². The van der Waals surface area contributed by atoms with Crippen LogP contribution in [0.5, 0.6) is 0 Å². The number of nitrogens with one attached hydrogen (secondary N) is 1. The molecule has 0 radical (unpaired) electrons. The van der Waals surface area contributed by atoms with Crippen LogP contribution in [0.4, 0.5) is 0 Å². The molecule has 96 valence electrons. The highest BCUT2D eigenvalue weighted by Gasteiger charge is 2.35. The Bertz CT molecular complexity index is 433. The van der Waals surface area contributed by atoms with Crippen LogP contribution in [0.3, 0.4) is 0 Å². The van der Waals surface area contributed by atoms with E-state index in [9.17, 15) is 9.59 Å². The largest absolute Gasteiger partial charge is 0.340 e. The van der Waals surface area contributed by atoms with Gasteiger partial charge in [0.15, 0.2) is 0 Å². The van der Waals surface area contributed by atoms with Crippen LogP contribution in [-0.2, 0) is 15.1 Å². The first-order valence-electron chi connectivity index (χ1n) is 6.53. The highest BCUT2D eigenvalue weighted by atomic mass is 16.2. The van der Waals surface area contributed by atoms with E-state index in [-0.39, 0.29) is 5.54 Å². The standard InChI is InChI=1S/C15H19NO2/c1-12(17)14(18)16-15(10-6-3-7-11-15)13-8-4-2-5-9-13/h2,4-5,8-9H,3,6-7,10-11H2,1H3,(H,16,18). The second-order valence-corrected chi connectivity index (χ2v) is 5.02. The summed E-state index contributed by atoms with van der Waals surface area (Å²) < 4.78 is 0. The van der Waals surface area contributed by atoms with Crippen molar-refractivity contribution in [1.29, 1.82) is 0 Å². The van der Waals surface area contributed by atoms with Crippen molar-refractivity contribution in [3.05, 3.63) is 35.9 Å². The maximum Gasteiger partial charge on any atom is 0.287 e. The molecule has 1 amide bonds. The van der Waals surface area contributed by atoms with Gasteiger partial charge in [0.05, 0.1) is 5.54 Å². The number of ketones is 1. The van der Waals surface area contributed by atoms with Gasteiger partial charge < -0.3 is 5.32 Å². The Kier molecular flexibility index (Phi) is 3.80. The quantitative estimate of drug-likeness (QED) is 0.832. The Hall–Kier alpha value is -1.64. The average molecular weight is 245 g/mol. The minimum Gasteiger partial charge on any atom is -0.340 e. The van der Waals surface area contributed by atoms with Crippen molar-refractivity contribution in [3.8, 4) is 0 Å². The van der Waals surface area contributed by atoms with Crippen LogP contribution in [0.1, 0.15) is 44.6 Å². The van der Waals surface area contributed by atoms with Gasteiger partial charge in [-0.05, 0) is 18.4 Å². The fourth-order valence-corrected chi connectivity index (χ4v) is 2.70. The molecule has 1 N–H and O–H groups in total. The Morgan fingerprint density at radius 1 is 1.06 bits per heavy atom. The fourth-order valence-electron chi connectivity index (χ4n) is 2.70. The van der Waals surface area contributed by atoms with E-state index in [1.165, 1.54) is 13.3 Å². The monoisotopic (exact) mass is 245 g/mol. The van der Waals surface area contributed by atoms with Crippen molar-refractivity contribution in [2.75, 3.05) is 0 Å². The van der Waals surface area contributed by atoms with Crippen molar-refractivity contribution in [1.82, 2.24) is 5.32 Å². The van der Waals surface area contributed by atoms with Crippen LogP contribution in [0, 0.1) is 0 Å². The summed E-state index contributed by atoms with van der Waals surface area (Å²) in [6, 6.07) is 9.99. The van der Waals surface area contributed by atoms with Crippen LogP contribution in [0.2, 0.25) is 0 Å². The smallest absolute Gasteiger partial charge is 0.287 e. The first-order chi connectivity index (χ1) is 8.64. The molecule has 3 nitrogen and oxygen atoms in total. The molecule has 0 aromatic heterocycles. The number of hydrogen-bond acceptors (Lipinski definition) is 2. The number of carbonyl (C=O) groups is 2. The summed E-state index contributed by atoms with van der Waals surface area (Å²) in [4.78, 5) is 22.9. The predicted octanol–water partition coefficient (Wildman–Crippen LogP) is 2.55. The molecule has 0 spiro atoms. The summed E-state index contributed by atoms with van der Waals surface area (Å²) in [6.45, 7) is 1.32. The summed E-state index contributed by atoms with van der Waals surface area (Å²) in [5.74, 6) is -0.892. The first kappa shape index (κ1) is 12.8. The van der Waals surface area contributed by atoms with Crippen LogP contribution in [0.15, 0.2) is 30.3 Å². The minimum atomic E-state index is -0.472. The highest BCUT2D eigenvalue weighted by molar-refractivity contribution is 6.35. The Morgan fingerprint density at radius 3 is 2.22 bits per heavy atom. The summed E-state index contributed by atoms with van der Waals surface area (Å²) in [5, 5.41) is 2.96. The van der Waals surface area contributed by atoms with Crippen molar-refractivity contribution in [2.45, 2.75) is 44.6 Å². The SMILES string of the molecule is CC(=O)C(=O)NC1(c2ccccc2)CCCCC1. The Balaban J connectivity index is 2.29. The van der Waals surface area contributed by atoms with Gasteiger partial charge in [-0.15, -0.1) is 0 Å². The zero-order chi connectivity index (χ0) is 13.0. The predicted molar refractivity (Wildman–Crippen MR) is 70.0 cm³/mol. The fraction of sp³-hybridized carbons (Fsp3) is 0.467. The van der Waals surface area contributed by atoms with Gasteiger partial charge in [-0.1, -0.05) is 49.6 Å². The lowest BCUT2D eigenvalue weighted by molar-refractivity contribution is -0.138. The van der Waals surface area contributed by atoms with Gasteiger partial charge in [0, 0.05) is 6.92 Å². The van der Waals surface area contributed by atoms with Crippen molar-refractivity contribution in [3.63, 3.8) is 0 Å². The molecule has 1 aromatic rings. The zero-order valence-corrected chi connectivity index (χ0v) is 10.7. The lowest BCUT2D eigenvalue weighted by Crippen LogP contribution is -2.49. The zero-order valence-electron chi connectivity index (χ0n) is 10.7. The van der Waals surface area contributed by atoms with Crippen molar-refractivity contribution < 1.29 is 9.59 Å². The number of carbonyl (C=O) groups excluding carboxylic acids is 2.